The summed E-state index contributed by atoms with van der Waals surface area (Å²) in [5, 5.41) is 0. The van der Waals surface area contributed by atoms with Gasteiger partial charge >= 0.3 is 0 Å². The normalized spacial score (nSPS) is 22.0. The lowest BCUT2D eigenvalue weighted by Gasteiger charge is -2.42. The van der Waals surface area contributed by atoms with Crippen molar-refractivity contribution >= 4 is 37.3 Å². The highest BCUT2D eigenvalue weighted by Crippen LogP contribution is 2.40. The number of methoxy groups -OCH3 is 1. The van der Waals surface area contributed by atoms with E-state index in [2.05, 4.69) is 9.88 Å². The number of halogens is 2. The fraction of sp³-hybridized carbons (Fsp3) is 0.633. The molecule has 6 rings (SSSR count). The molecule has 3 saturated heterocycles. The number of anilines is 1. The molecule has 1 unspecified atom stereocenters. The van der Waals surface area contributed by atoms with Crippen molar-refractivity contribution in [2.45, 2.75) is 69.7 Å². The van der Waals surface area contributed by atoms with Crippen LogP contribution >= 0.6 is 11.3 Å². The van der Waals surface area contributed by atoms with Crippen molar-refractivity contribution in [2.75, 3.05) is 57.5 Å². The minimum Gasteiger partial charge on any atom is -0.481 e. The maximum Gasteiger partial charge on any atom is 0.275 e. The monoisotopic (exact) mass is 634 g/mol. The summed E-state index contributed by atoms with van der Waals surface area (Å²) in [5.74, 6) is -2.11. The Hall–Kier alpha value is -2.48. The largest absolute Gasteiger partial charge is 0.481 e. The van der Waals surface area contributed by atoms with E-state index in [-0.39, 0.29) is 18.2 Å². The molecule has 9 nitrogen and oxygen atoms in total. The van der Waals surface area contributed by atoms with Gasteiger partial charge in [0.25, 0.3) is 5.92 Å². The number of thiophene rings is 1. The molecule has 3 aliphatic heterocycles. The molecule has 0 amide bonds. The zero-order valence-corrected chi connectivity index (χ0v) is 26.7. The molecule has 3 aromatic rings. The lowest BCUT2D eigenvalue weighted by atomic mass is 9.98. The van der Waals surface area contributed by atoms with Gasteiger partial charge in [-0.15, -0.1) is 11.3 Å². The van der Waals surface area contributed by atoms with Crippen molar-refractivity contribution in [3.05, 3.63) is 28.3 Å². The molecule has 6 heterocycles. The molecule has 3 aliphatic rings. The Balaban J connectivity index is 1.39. The van der Waals surface area contributed by atoms with Crippen LogP contribution in [0.5, 0.6) is 5.88 Å². The van der Waals surface area contributed by atoms with Crippen molar-refractivity contribution < 1.29 is 21.9 Å². The van der Waals surface area contributed by atoms with Crippen LogP contribution in [0.15, 0.2) is 12.3 Å². The minimum absolute atomic E-state index is 0.208. The quantitative estimate of drug-likeness (QED) is 0.343. The molecule has 13 heteroatoms. The topological polar surface area (TPSA) is 91.8 Å². The van der Waals surface area contributed by atoms with Crippen molar-refractivity contribution in [2.24, 2.45) is 0 Å². The van der Waals surface area contributed by atoms with Crippen LogP contribution < -0.4 is 9.64 Å². The molecular weight excluding hydrogens is 594 g/mol. The maximum absolute atomic E-state index is 15.5. The van der Waals surface area contributed by atoms with Crippen molar-refractivity contribution in [3.8, 4) is 17.1 Å². The first kappa shape index (κ1) is 30.5. The minimum atomic E-state index is -3.34. The molecule has 1 atom stereocenters. The molecule has 0 spiro atoms. The molecule has 0 aromatic carbocycles. The van der Waals surface area contributed by atoms with Crippen molar-refractivity contribution in [1.29, 1.82) is 0 Å². The number of aromatic nitrogens is 3. The maximum atomic E-state index is 15.5. The van der Waals surface area contributed by atoms with Crippen LogP contribution in [0.2, 0.25) is 0 Å². The number of alkyl halides is 2. The summed E-state index contributed by atoms with van der Waals surface area (Å²) >= 11 is 1.55. The summed E-state index contributed by atoms with van der Waals surface area (Å²) < 4.78 is 61.5. The average Bonchev–Trinajstić information content (AvgIpc) is 3.60. The Morgan fingerprint density at radius 3 is 2.47 bits per heavy atom. The fourth-order valence-corrected chi connectivity index (χ4v) is 8.68. The highest BCUT2D eigenvalue weighted by Gasteiger charge is 2.47. The summed E-state index contributed by atoms with van der Waals surface area (Å²) in [4.78, 5) is 21.6. The Labute approximate surface area is 256 Å². The molecule has 3 aromatic heterocycles. The number of hydrogen-bond acceptors (Lipinski definition) is 10. The van der Waals surface area contributed by atoms with E-state index in [9.17, 15) is 8.42 Å². The van der Waals surface area contributed by atoms with Crippen LogP contribution in [0.3, 0.4) is 0 Å². The number of aryl methyl sites for hydroxylation is 1. The van der Waals surface area contributed by atoms with Crippen LogP contribution in [-0.2, 0) is 22.1 Å². The Morgan fingerprint density at radius 1 is 1.07 bits per heavy atom. The van der Waals surface area contributed by atoms with Gasteiger partial charge in [-0.1, -0.05) is 0 Å². The van der Waals surface area contributed by atoms with Crippen LogP contribution in [0.25, 0.3) is 21.5 Å². The number of nitrogens with zero attached hydrogens (tertiary/aromatic N) is 6. The van der Waals surface area contributed by atoms with Crippen LogP contribution in [-0.4, -0.2) is 97.8 Å². The van der Waals surface area contributed by atoms with Gasteiger partial charge < -0.3 is 9.64 Å². The smallest absolute Gasteiger partial charge is 0.275 e. The van der Waals surface area contributed by atoms with Gasteiger partial charge in [-0.05, 0) is 64.6 Å². The lowest BCUT2D eigenvalue weighted by molar-refractivity contribution is -0.124. The molecule has 0 radical (unpaired) electrons. The van der Waals surface area contributed by atoms with E-state index in [1.165, 1.54) is 13.4 Å². The van der Waals surface area contributed by atoms with Gasteiger partial charge in [0.1, 0.15) is 0 Å². The fourth-order valence-electron chi connectivity index (χ4n) is 6.80. The summed E-state index contributed by atoms with van der Waals surface area (Å²) in [6.45, 7) is 5.98. The number of piperidine rings is 2. The number of pyridine rings is 1. The summed E-state index contributed by atoms with van der Waals surface area (Å²) in [6, 6.07) is 1.10. The molecule has 43 heavy (non-hydrogen) atoms. The second-order valence-corrected chi connectivity index (χ2v) is 15.6. The summed E-state index contributed by atoms with van der Waals surface area (Å²) in [7, 11) is -1.87. The number of fused-ring (bicyclic) bond motifs is 1. The van der Waals surface area contributed by atoms with E-state index < -0.39 is 21.8 Å². The van der Waals surface area contributed by atoms with E-state index in [1.807, 2.05) is 16.7 Å². The third kappa shape index (κ3) is 6.50. The van der Waals surface area contributed by atoms with Crippen molar-refractivity contribution in [3.63, 3.8) is 0 Å². The Morgan fingerprint density at radius 2 is 1.79 bits per heavy atom. The predicted molar refractivity (Wildman–Crippen MR) is 166 cm³/mol. The van der Waals surface area contributed by atoms with Gasteiger partial charge in [0.15, 0.2) is 9.84 Å². The van der Waals surface area contributed by atoms with E-state index in [0.29, 0.717) is 42.3 Å². The van der Waals surface area contributed by atoms with Gasteiger partial charge in [0, 0.05) is 60.2 Å². The number of likely N-dealkylation sites (tertiary alicyclic amines) is 2. The summed E-state index contributed by atoms with van der Waals surface area (Å²) in [6.07, 6.45) is 8.55. The van der Waals surface area contributed by atoms with Gasteiger partial charge in [-0.25, -0.2) is 32.2 Å². The molecular formula is C30H40F2N6O3S2. The first-order chi connectivity index (χ1) is 20.5. The highest BCUT2D eigenvalue weighted by molar-refractivity contribution is 7.89. The van der Waals surface area contributed by atoms with Gasteiger partial charge in [-0.2, -0.15) is 0 Å². The molecule has 3 fully saturated rings. The Bertz CT molecular complexity index is 1590. The van der Waals surface area contributed by atoms with E-state index in [0.717, 1.165) is 78.9 Å². The molecule has 0 N–H and O–H groups in total. The standard InChI is InChI=1S/C30H40F2N6O3S2/c1-20-23(17-36-14-9-24(30(31,32)19-36)37-10-7-8-11-37)26-27(42-20)25(34-29(35-26)38-12-5-4-6-13-38)21-15-22(18-43(3,39)40)28(41-2)33-16-21/h15-16,24H,4-14,17-19H2,1-3H3. The third-order valence-electron chi connectivity index (χ3n) is 8.87. The molecule has 0 bridgehead atoms. The number of rotatable bonds is 8. The van der Waals surface area contributed by atoms with Crippen molar-refractivity contribution in [1.82, 2.24) is 24.8 Å². The first-order valence-electron chi connectivity index (χ1n) is 15.1. The molecule has 0 aliphatic carbocycles. The SMILES string of the molecule is COc1ncc(-c2nc(N3CCCCC3)nc3c(CN4CCC(N5CCCC5)C(F)(F)C4)c(C)sc23)cc1CS(C)(=O)=O. The second kappa shape index (κ2) is 12.1. The molecule has 0 saturated carbocycles. The molecule has 234 valence electrons. The average molecular weight is 635 g/mol. The predicted octanol–water partition coefficient (Wildman–Crippen LogP) is 4.91. The van der Waals surface area contributed by atoms with Gasteiger partial charge in [0.05, 0.1) is 41.4 Å². The second-order valence-electron chi connectivity index (χ2n) is 12.2. The van der Waals surface area contributed by atoms with Crippen LogP contribution in [0.4, 0.5) is 14.7 Å². The highest BCUT2D eigenvalue weighted by atomic mass is 32.2. The lowest BCUT2D eigenvalue weighted by Crippen LogP contribution is -2.57. The number of sulfone groups is 1. The van der Waals surface area contributed by atoms with Gasteiger partial charge in [-0.3, -0.25) is 9.80 Å². The van der Waals surface area contributed by atoms with Crippen LogP contribution in [0.1, 0.15) is 54.5 Å². The third-order valence-corrected chi connectivity index (χ3v) is 10.9. The Kier molecular flexibility index (Phi) is 8.62. The number of ether oxygens (including phenoxy) is 1. The van der Waals surface area contributed by atoms with Crippen LogP contribution in [0, 0.1) is 6.92 Å². The summed E-state index contributed by atoms with van der Waals surface area (Å²) in [5.41, 5.74) is 3.54. The zero-order chi connectivity index (χ0) is 30.4. The van der Waals surface area contributed by atoms with E-state index in [1.54, 1.807) is 23.6 Å². The van der Waals surface area contributed by atoms with E-state index >= 15 is 8.78 Å². The first-order valence-corrected chi connectivity index (χ1v) is 18.0. The number of hydrogen-bond donors (Lipinski definition) is 0. The zero-order valence-electron chi connectivity index (χ0n) is 25.1. The van der Waals surface area contributed by atoms with E-state index in [4.69, 9.17) is 14.7 Å². The van der Waals surface area contributed by atoms with Gasteiger partial charge in [0.2, 0.25) is 11.8 Å².